The number of carbonyl (C=O) groups excluding carboxylic acids is 1. The van der Waals surface area contributed by atoms with Crippen molar-refractivity contribution in [3.05, 3.63) is 39.8 Å². The van der Waals surface area contributed by atoms with Gasteiger partial charge in [-0.1, -0.05) is 13.0 Å². The predicted molar refractivity (Wildman–Crippen MR) is 92.8 cm³/mol. The smallest absolute Gasteiger partial charge is 0.271 e. The number of carbonyl (C=O) groups is 1. The number of hydrogen-bond acceptors (Lipinski definition) is 6. The normalized spacial score (nSPS) is 14.2. The van der Waals surface area contributed by atoms with Crippen LogP contribution in [0.25, 0.3) is 0 Å². The Labute approximate surface area is 145 Å². The summed E-state index contributed by atoms with van der Waals surface area (Å²) in [6, 6.07) is 5.68. The molecular weight excluding hydrogens is 326 g/mol. The molecule has 24 heavy (non-hydrogen) atoms. The Morgan fingerprint density at radius 1 is 1.38 bits per heavy atom. The van der Waals surface area contributed by atoms with Gasteiger partial charge < -0.3 is 20.5 Å². The van der Waals surface area contributed by atoms with Gasteiger partial charge in [-0.05, 0) is 30.7 Å². The number of nitrogens with two attached hydrogens (primary N) is 1. The predicted octanol–water partition coefficient (Wildman–Crippen LogP) is 2.30. The molecule has 0 aliphatic carbocycles. The minimum Gasteiger partial charge on any atom is -0.486 e. The summed E-state index contributed by atoms with van der Waals surface area (Å²) >= 11 is 1.46. The van der Waals surface area contributed by atoms with E-state index in [4.69, 9.17) is 15.2 Å². The molecule has 2 aromatic rings. The molecule has 0 bridgehead atoms. The lowest BCUT2D eigenvalue weighted by Crippen LogP contribution is -2.28. The number of rotatable bonds is 6. The molecule has 6 nitrogen and oxygen atoms in total. The van der Waals surface area contributed by atoms with Crippen LogP contribution < -0.4 is 20.5 Å². The van der Waals surface area contributed by atoms with Crippen molar-refractivity contribution in [1.82, 2.24) is 10.3 Å². The fourth-order valence-electron chi connectivity index (χ4n) is 2.58. The summed E-state index contributed by atoms with van der Waals surface area (Å²) in [5.41, 5.74) is 6.96. The van der Waals surface area contributed by atoms with Crippen LogP contribution in [0.2, 0.25) is 0 Å². The van der Waals surface area contributed by atoms with Crippen molar-refractivity contribution in [3.8, 4) is 11.5 Å². The fraction of sp³-hybridized carbons (Fsp3) is 0.412. The molecule has 7 heteroatoms. The van der Waals surface area contributed by atoms with Gasteiger partial charge in [-0.2, -0.15) is 0 Å². The molecule has 0 saturated heterocycles. The topological polar surface area (TPSA) is 86.5 Å². The van der Waals surface area contributed by atoms with E-state index < -0.39 is 0 Å². The van der Waals surface area contributed by atoms with Crippen LogP contribution in [-0.4, -0.2) is 30.6 Å². The summed E-state index contributed by atoms with van der Waals surface area (Å²) in [6.07, 6.45) is 1.46. The van der Waals surface area contributed by atoms with Crippen LogP contribution in [0.4, 0.5) is 0 Å². The summed E-state index contributed by atoms with van der Waals surface area (Å²) in [4.78, 5) is 16.8. The minimum atomic E-state index is -0.170. The maximum Gasteiger partial charge on any atom is 0.271 e. The van der Waals surface area contributed by atoms with E-state index in [1.165, 1.54) is 11.3 Å². The van der Waals surface area contributed by atoms with E-state index in [2.05, 4.69) is 10.3 Å². The third-order valence-corrected chi connectivity index (χ3v) is 4.73. The molecule has 1 aromatic heterocycles. The minimum absolute atomic E-state index is 0.104. The second-order valence-electron chi connectivity index (χ2n) is 5.50. The van der Waals surface area contributed by atoms with Crippen LogP contribution in [0.5, 0.6) is 11.5 Å². The first-order valence-electron chi connectivity index (χ1n) is 8.06. The number of nitrogens with zero attached hydrogens (tertiary/aromatic N) is 1. The molecule has 1 aliphatic rings. The first-order chi connectivity index (χ1) is 11.7. The van der Waals surface area contributed by atoms with Gasteiger partial charge in [0, 0.05) is 11.8 Å². The largest absolute Gasteiger partial charge is 0.486 e. The molecule has 0 fully saturated rings. The van der Waals surface area contributed by atoms with E-state index in [9.17, 15) is 4.79 Å². The summed E-state index contributed by atoms with van der Waals surface area (Å²) in [6.45, 7) is 3.67. The molecule has 0 radical (unpaired) electrons. The van der Waals surface area contributed by atoms with Crippen LogP contribution >= 0.6 is 11.3 Å². The molecule has 1 aliphatic heterocycles. The number of ether oxygens (including phenoxy) is 2. The molecule has 2 heterocycles. The summed E-state index contributed by atoms with van der Waals surface area (Å²) in [7, 11) is 0. The SMILES string of the molecule is CCC(NC(=O)c1csc(CCN)n1)c1ccc2c(c1)OCCO2. The van der Waals surface area contributed by atoms with Gasteiger partial charge in [0.05, 0.1) is 11.0 Å². The van der Waals surface area contributed by atoms with Gasteiger partial charge in [-0.25, -0.2) is 4.98 Å². The van der Waals surface area contributed by atoms with E-state index in [1.54, 1.807) is 5.38 Å². The van der Waals surface area contributed by atoms with Crippen molar-refractivity contribution in [3.63, 3.8) is 0 Å². The lowest BCUT2D eigenvalue weighted by Gasteiger charge is -2.22. The molecule has 1 unspecified atom stereocenters. The van der Waals surface area contributed by atoms with Crippen LogP contribution in [0.15, 0.2) is 23.6 Å². The Morgan fingerprint density at radius 2 is 2.17 bits per heavy atom. The highest BCUT2D eigenvalue weighted by Crippen LogP contribution is 2.33. The van der Waals surface area contributed by atoms with Crippen LogP contribution in [0.3, 0.4) is 0 Å². The number of nitrogens with one attached hydrogen (secondary N) is 1. The van der Waals surface area contributed by atoms with E-state index in [-0.39, 0.29) is 11.9 Å². The fourth-order valence-corrected chi connectivity index (χ4v) is 3.38. The summed E-state index contributed by atoms with van der Waals surface area (Å²) in [5, 5.41) is 5.70. The van der Waals surface area contributed by atoms with Crippen LogP contribution in [0.1, 0.15) is 40.4 Å². The van der Waals surface area contributed by atoms with Crippen LogP contribution in [0, 0.1) is 0 Å². The zero-order valence-corrected chi connectivity index (χ0v) is 14.4. The van der Waals surface area contributed by atoms with Gasteiger partial charge in [-0.15, -0.1) is 11.3 Å². The monoisotopic (exact) mass is 347 g/mol. The molecule has 0 saturated carbocycles. The lowest BCUT2D eigenvalue weighted by molar-refractivity contribution is 0.0931. The van der Waals surface area contributed by atoms with Gasteiger partial charge in [-0.3, -0.25) is 4.79 Å². The molecule has 3 rings (SSSR count). The van der Waals surface area contributed by atoms with Crippen molar-refractivity contribution >= 4 is 17.2 Å². The highest BCUT2D eigenvalue weighted by molar-refractivity contribution is 7.09. The first kappa shape index (κ1) is 16.7. The van der Waals surface area contributed by atoms with Crippen LogP contribution in [-0.2, 0) is 6.42 Å². The Bertz CT molecular complexity index is 717. The second kappa shape index (κ2) is 7.63. The van der Waals surface area contributed by atoms with Gasteiger partial charge in [0.1, 0.15) is 18.9 Å². The Balaban J connectivity index is 1.72. The molecule has 1 aromatic carbocycles. The van der Waals surface area contributed by atoms with Crippen molar-refractivity contribution < 1.29 is 14.3 Å². The summed E-state index contributed by atoms with van der Waals surface area (Å²) < 4.78 is 11.2. The number of fused-ring (bicyclic) bond motifs is 1. The highest BCUT2D eigenvalue weighted by Gasteiger charge is 2.19. The lowest BCUT2D eigenvalue weighted by atomic mass is 10.0. The third-order valence-electron chi connectivity index (χ3n) is 3.82. The molecular formula is C17H21N3O3S. The maximum atomic E-state index is 12.4. The van der Waals surface area contributed by atoms with Gasteiger partial charge in [0.2, 0.25) is 0 Å². The quantitative estimate of drug-likeness (QED) is 0.837. The van der Waals surface area contributed by atoms with Crippen molar-refractivity contribution in [1.29, 1.82) is 0 Å². The van der Waals surface area contributed by atoms with Crippen molar-refractivity contribution in [2.45, 2.75) is 25.8 Å². The maximum absolute atomic E-state index is 12.4. The second-order valence-corrected chi connectivity index (χ2v) is 6.45. The molecule has 1 atom stereocenters. The Morgan fingerprint density at radius 3 is 2.92 bits per heavy atom. The van der Waals surface area contributed by atoms with E-state index >= 15 is 0 Å². The average Bonchev–Trinajstić information content (AvgIpc) is 3.08. The number of aromatic nitrogens is 1. The van der Waals surface area contributed by atoms with Crippen molar-refractivity contribution in [2.24, 2.45) is 5.73 Å². The molecule has 128 valence electrons. The van der Waals surface area contributed by atoms with Gasteiger partial charge in [0.15, 0.2) is 11.5 Å². The molecule has 0 spiro atoms. The van der Waals surface area contributed by atoms with E-state index in [0.29, 0.717) is 31.9 Å². The highest BCUT2D eigenvalue weighted by atomic mass is 32.1. The third kappa shape index (κ3) is 3.68. The standard InChI is InChI=1S/C17H21N3O3S/c1-2-12(11-3-4-14-15(9-11)23-8-7-22-14)20-17(21)13-10-24-16(19-13)5-6-18/h3-4,9-10,12H,2,5-8,18H2,1H3,(H,20,21). The van der Waals surface area contributed by atoms with Gasteiger partial charge >= 0.3 is 0 Å². The number of hydrogen-bond donors (Lipinski definition) is 2. The Hall–Kier alpha value is -2.12. The zero-order chi connectivity index (χ0) is 16.9. The molecule has 3 N–H and O–H groups in total. The number of thiazole rings is 1. The first-order valence-corrected chi connectivity index (χ1v) is 8.94. The van der Waals surface area contributed by atoms with E-state index in [0.717, 1.165) is 28.5 Å². The average molecular weight is 347 g/mol. The van der Waals surface area contributed by atoms with Gasteiger partial charge in [0.25, 0.3) is 5.91 Å². The van der Waals surface area contributed by atoms with E-state index in [1.807, 2.05) is 25.1 Å². The zero-order valence-electron chi connectivity index (χ0n) is 13.6. The number of benzene rings is 1. The summed E-state index contributed by atoms with van der Waals surface area (Å²) in [5.74, 6) is 1.30. The Kier molecular flexibility index (Phi) is 5.32. The number of amides is 1. The van der Waals surface area contributed by atoms with Crippen molar-refractivity contribution in [2.75, 3.05) is 19.8 Å². The molecule has 1 amide bonds.